The summed E-state index contributed by atoms with van der Waals surface area (Å²) >= 11 is 4.71. The minimum Gasteiger partial charge on any atom is -0.478 e. The third kappa shape index (κ3) is 3.30. The minimum absolute atomic E-state index is 0.142. The predicted octanol–water partition coefficient (Wildman–Crippen LogP) is 3.56. The summed E-state index contributed by atoms with van der Waals surface area (Å²) in [5.41, 5.74) is 0.646. The normalized spacial score (nSPS) is 10.1. The Morgan fingerprint density at radius 3 is 2.83 bits per heavy atom. The number of nitrogens with zero attached hydrogens (tertiary/aromatic N) is 1. The highest BCUT2D eigenvalue weighted by Gasteiger charge is 2.08. The highest BCUT2D eigenvalue weighted by molar-refractivity contribution is 9.11. The Balaban J connectivity index is 2.03. The largest absolute Gasteiger partial charge is 0.478 e. The first-order valence-corrected chi connectivity index (χ1v) is 6.95. The van der Waals surface area contributed by atoms with E-state index in [2.05, 4.69) is 26.2 Å². The van der Waals surface area contributed by atoms with Gasteiger partial charge in [-0.2, -0.15) is 0 Å². The van der Waals surface area contributed by atoms with Gasteiger partial charge in [-0.1, -0.05) is 0 Å². The Bertz CT molecular complexity index is 539. The van der Waals surface area contributed by atoms with Gasteiger partial charge in [-0.05, 0) is 41.1 Å². The molecule has 1 amide bonds. The van der Waals surface area contributed by atoms with Gasteiger partial charge < -0.3 is 10.1 Å². The second-order valence-electron chi connectivity index (χ2n) is 3.38. The van der Waals surface area contributed by atoms with Crippen LogP contribution in [0.2, 0.25) is 0 Å². The molecule has 0 atom stereocenters. The van der Waals surface area contributed by atoms with Gasteiger partial charge in [0, 0.05) is 6.07 Å². The average Bonchev–Trinajstić information content (AvgIpc) is 2.79. The summed E-state index contributed by atoms with van der Waals surface area (Å²) in [5, 5.41) is 2.77. The summed E-state index contributed by atoms with van der Waals surface area (Å²) in [6, 6.07) is 7.10. The number of carbonyl (C=O) groups is 1. The van der Waals surface area contributed by atoms with Gasteiger partial charge in [0.1, 0.15) is 0 Å². The topological polar surface area (TPSA) is 51.2 Å². The standard InChI is InChI=1S/C12H11BrN2O2S/c1-2-17-11-6-3-8(7-14-11)15-12(16)9-4-5-10(13)18-9/h3-7H,2H2,1H3,(H,15,16). The summed E-state index contributed by atoms with van der Waals surface area (Å²) < 4.78 is 6.15. The van der Waals surface area contributed by atoms with Crippen molar-refractivity contribution in [3.8, 4) is 5.88 Å². The molecule has 0 unspecified atom stereocenters. The molecule has 0 saturated heterocycles. The van der Waals surface area contributed by atoms with Crippen LogP contribution in [0.4, 0.5) is 5.69 Å². The Labute approximate surface area is 117 Å². The Hall–Kier alpha value is -1.40. The Morgan fingerprint density at radius 2 is 2.28 bits per heavy atom. The van der Waals surface area contributed by atoms with Crippen molar-refractivity contribution in [2.75, 3.05) is 11.9 Å². The summed E-state index contributed by atoms with van der Waals surface area (Å²) in [6.07, 6.45) is 1.57. The van der Waals surface area contributed by atoms with E-state index in [1.807, 2.05) is 13.0 Å². The SMILES string of the molecule is CCOc1ccc(NC(=O)c2ccc(Br)s2)cn1. The number of carbonyl (C=O) groups excluding carboxylic acids is 1. The number of amides is 1. The molecule has 2 rings (SSSR count). The molecular formula is C12H11BrN2O2S. The molecule has 0 saturated carbocycles. The van der Waals surface area contributed by atoms with Gasteiger partial charge in [0.25, 0.3) is 5.91 Å². The number of hydrogen-bond donors (Lipinski definition) is 1. The van der Waals surface area contributed by atoms with Crippen molar-refractivity contribution in [1.82, 2.24) is 4.98 Å². The van der Waals surface area contributed by atoms with Gasteiger partial charge in [-0.3, -0.25) is 4.79 Å². The molecule has 0 radical (unpaired) electrons. The third-order valence-electron chi connectivity index (χ3n) is 2.08. The number of thiophene rings is 1. The molecule has 18 heavy (non-hydrogen) atoms. The first-order chi connectivity index (χ1) is 8.69. The lowest BCUT2D eigenvalue weighted by Crippen LogP contribution is -2.10. The molecule has 0 aliphatic carbocycles. The number of hydrogen-bond acceptors (Lipinski definition) is 4. The number of anilines is 1. The van der Waals surface area contributed by atoms with Crippen molar-refractivity contribution in [2.24, 2.45) is 0 Å². The minimum atomic E-state index is -0.142. The smallest absolute Gasteiger partial charge is 0.265 e. The number of nitrogens with one attached hydrogen (secondary N) is 1. The summed E-state index contributed by atoms with van der Waals surface area (Å²) in [5.74, 6) is 0.408. The van der Waals surface area contributed by atoms with Gasteiger partial charge >= 0.3 is 0 Å². The van der Waals surface area contributed by atoms with E-state index in [0.29, 0.717) is 23.1 Å². The van der Waals surface area contributed by atoms with E-state index >= 15 is 0 Å². The second-order valence-corrected chi connectivity index (χ2v) is 5.84. The van der Waals surface area contributed by atoms with Crippen molar-refractivity contribution < 1.29 is 9.53 Å². The lowest BCUT2D eigenvalue weighted by atomic mass is 10.4. The van der Waals surface area contributed by atoms with E-state index < -0.39 is 0 Å². The Morgan fingerprint density at radius 1 is 1.44 bits per heavy atom. The van der Waals surface area contributed by atoms with E-state index in [0.717, 1.165) is 3.79 Å². The van der Waals surface area contributed by atoms with E-state index in [1.165, 1.54) is 11.3 Å². The maximum atomic E-state index is 11.9. The molecule has 0 spiro atoms. The molecule has 4 nitrogen and oxygen atoms in total. The van der Waals surface area contributed by atoms with Crippen molar-refractivity contribution in [3.63, 3.8) is 0 Å². The monoisotopic (exact) mass is 326 g/mol. The maximum absolute atomic E-state index is 11.9. The Kier molecular flexibility index (Phi) is 4.33. The van der Waals surface area contributed by atoms with Gasteiger partial charge in [0.2, 0.25) is 5.88 Å². The van der Waals surface area contributed by atoms with Crippen LogP contribution in [0.25, 0.3) is 0 Å². The molecule has 0 aliphatic heterocycles. The van der Waals surface area contributed by atoms with Crippen LogP contribution in [-0.2, 0) is 0 Å². The second kappa shape index (κ2) is 5.97. The highest BCUT2D eigenvalue weighted by atomic mass is 79.9. The predicted molar refractivity (Wildman–Crippen MR) is 75.4 cm³/mol. The number of aromatic nitrogens is 1. The molecule has 6 heteroatoms. The molecule has 2 heterocycles. The van der Waals surface area contributed by atoms with E-state index in [4.69, 9.17) is 4.74 Å². The van der Waals surface area contributed by atoms with Gasteiger partial charge in [-0.15, -0.1) is 11.3 Å². The molecular weight excluding hydrogens is 316 g/mol. The lowest BCUT2D eigenvalue weighted by molar-refractivity contribution is 0.103. The van der Waals surface area contributed by atoms with Gasteiger partial charge in [0.15, 0.2) is 0 Å². The number of rotatable bonds is 4. The van der Waals surface area contributed by atoms with Crippen LogP contribution >= 0.6 is 27.3 Å². The van der Waals surface area contributed by atoms with Crippen LogP contribution in [0.5, 0.6) is 5.88 Å². The van der Waals surface area contributed by atoms with Gasteiger partial charge in [-0.25, -0.2) is 4.98 Å². The maximum Gasteiger partial charge on any atom is 0.265 e. The van der Waals surface area contributed by atoms with Crippen LogP contribution in [0.3, 0.4) is 0 Å². The summed E-state index contributed by atoms with van der Waals surface area (Å²) in [7, 11) is 0. The van der Waals surface area contributed by atoms with Crippen LogP contribution in [0, 0.1) is 0 Å². The third-order valence-corrected chi connectivity index (χ3v) is 3.71. The fourth-order valence-electron chi connectivity index (χ4n) is 1.32. The molecule has 0 aromatic carbocycles. The van der Waals surface area contributed by atoms with Crippen LogP contribution < -0.4 is 10.1 Å². The van der Waals surface area contributed by atoms with E-state index in [9.17, 15) is 4.79 Å². The van der Waals surface area contributed by atoms with Crippen LogP contribution in [-0.4, -0.2) is 17.5 Å². The quantitative estimate of drug-likeness (QED) is 0.934. The van der Waals surface area contributed by atoms with Crippen molar-refractivity contribution in [1.29, 1.82) is 0 Å². The lowest BCUT2D eigenvalue weighted by Gasteiger charge is -2.05. The molecule has 94 valence electrons. The fraction of sp³-hybridized carbons (Fsp3) is 0.167. The van der Waals surface area contributed by atoms with Crippen LogP contribution in [0.15, 0.2) is 34.2 Å². The van der Waals surface area contributed by atoms with E-state index in [-0.39, 0.29) is 5.91 Å². The molecule has 0 fully saturated rings. The molecule has 2 aromatic rings. The molecule has 0 bridgehead atoms. The number of ether oxygens (including phenoxy) is 1. The highest BCUT2D eigenvalue weighted by Crippen LogP contribution is 2.23. The summed E-state index contributed by atoms with van der Waals surface area (Å²) in [4.78, 5) is 16.6. The zero-order valence-corrected chi connectivity index (χ0v) is 12.0. The van der Waals surface area contributed by atoms with Crippen molar-refractivity contribution in [2.45, 2.75) is 6.92 Å². The number of halogens is 1. The first kappa shape index (κ1) is 13.0. The zero-order valence-electron chi connectivity index (χ0n) is 9.64. The number of pyridine rings is 1. The molecule has 0 aliphatic rings. The van der Waals surface area contributed by atoms with Gasteiger partial charge in [0.05, 0.1) is 27.2 Å². The molecule has 1 N–H and O–H groups in total. The zero-order chi connectivity index (χ0) is 13.0. The molecule has 2 aromatic heterocycles. The van der Waals surface area contributed by atoms with Crippen molar-refractivity contribution >= 4 is 38.9 Å². The fourth-order valence-corrected chi connectivity index (χ4v) is 2.60. The van der Waals surface area contributed by atoms with Crippen LogP contribution in [0.1, 0.15) is 16.6 Å². The first-order valence-electron chi connectivity index (χ1n) is 5.34. The average molecular weight is 327 g/mol. The summed E-state index contributed by atoms with van der Waals surface area (Å²) in [6.45, 7) is 2.47. The van der Waals surface area contributed by atoms with E-state index in [1.54, 1.807) is 24.4 Å². The van der Waals surface area contributed by atoms with Crippen molar-refractivity contribution in [3.05, 3.63) is 39.1 Å².